The van der Waals surface area contributed by atoms with Crippen LogP contribution in [-0.4, -0.2) is 28.1 Å². The maximum Gasteiger partial charge on any atom is 0.309 e. The summed E-state index contributed by atoms with van der Waals surface area (Å²) in [5.74, 6) is -1.09. The second-order valence-electron chi connectivity index (χ2n) is 4.26. The smallest absolute Gasteiger partial charge is 0.309 e. The van der Waals surface area contributed by atoms with E-state index >= 15 is 0 Å². The molecule has 1 N–H and O–H groups in total. The van der Waals surface area contributed by atoms with Gasteiger partial charge in [0.15, 0.2) is 9.84 Å². The second kappa shape index (κ2) is 5.11. The fourth-order valence-corrected chi connectivity index (χ4v) is 3.25. The third-order valence-electron chi connectivity index (χ3n) is 2.46. The molecule has 0 bridgehead atoms. The lowest BCUT2D eigenvalue weighted by atomic mass is 10.3. The summed E-state index contributed by atoms with van der Waals surface area (Å²) >= 11 is 0. The van der Waals surface area contributed by atoms with Gasteiger partial charge in [-0.3, -0.25) is 0 Å². The molecule has 2 rings (SSSR count). The fraction of sp³-hybridized carbons (Fsp3) is 0.182. The van der Waals surface area contributed by atoms with Gasteiger partial charge in [-0.1, -0.05) is 0 Å². The van der Waals surface area contributed by atoms with Gasteiger partial charge >= 0.3 is 6.01 Å². The lowest BCUT2D eigenvalue weighted by Gasteiger charge is -2.07. The molecule has 0 unspecified atom stereocenters. The van der Waals surface area contributed by atoms with Crippen LogP contribution in [0.5, 0.6) is 0 Å². The van der Waals surface area contributed by atoms with Gasteiger partial charge in [-0.15, -0.1) is 0 Å². The highest BCUT2D eigenvalue weighted by Crippen LogP contribution is 2.22. The highest BCUT2D eigenvalue weighted by atomic mass is 32.2. The Bertz CT molecular complexity index is 887. The number of nitrogens with one attached hydrogen (secondary N) is 1. The Morgan fingerprint density at radius 2 is 1.90 bits per heavy atom. The van der Waals surface area contributed by atoms with Crippen LogP contribution in [0, 0.1) is 12.7 Å². The molecule has 2 aromatic rings. The van der Waals surface area contributed by atoms with Crippen molar-refractivity contribution in [1.82, 2.24) is 4.98 Å². The third-order valence-corrected chi connectivity index (χ3v) is 4.91. The molecule has 7 nitrogen and oxygen atoms in total. The second-order valence-corrected chi connectivity index (χ2v) is 7.93. The predicted molar refractivity (Wildman–Crippen MR) is 71.6 cm³/mol. The van der Waals surface area contributed by atoms with Gasteiger partial charge < -0.3 is 4.42 Å². The van der Waals surface area contributed by atoms with Crippen LogP contribution in [0.3, 0.4) is 0 Å². The normalized spacial score (nSPS) is 12.3. The maximum absolute atomic E-state index is 13.7. The summed E-state index contributed by atoms with van der Waals surface area (Å²) in [5, 5.41) is 0. The topological polar surface area (TPSA) is 106 Å². The lowest BCUT2D eigenvalue weighted by Crippen LogP contribution is -2.15. The Balaban J connectivity index is 2.49. The van der Waals surface area contributed by atoms with Crippen molar-refractivity contribution in [3.8, 4) is 0 Å². The van der Waals surface area contributed by atoms with Crippen molar-refractivity contribution >= 4 is 25.9 Å². The summed E-state index contributed by atoms with van der Waals surface area (Å²) in [6, 6.07) is 2.16. The molecular weight excluding hydrogens is 323 g/mol. The van der Waals surface area contributed by atoms with E-state index in [1.54, 1.807) is 6.92 Å². The number of aryl methyl sites for hydroxylation is 1. The zero-order chi connectivity index (χ0) is 15.8. The van der Waals surface area contributed by atoms with Gasteiger partial charge in [-0.2, -0.15) is 4.98 Å². The van der Waals surface area contributed by atoms with E-state index in [-0.39, 0.29) is 10.9 Å². The first-order valence-corrected chi connectivity index (χ1v) is 8.91. The first-order chi connectivity index (χ1) is 9.59. The summed E-state index contributed by atoms with van der Waals surface area (Å²) in [6.45, 7) is 1.58. The van der Waals surface area contributed by atoms with Crippen molar-refractivity contribution in [2.45, 2.75) is 16.7 Å². The Morgan fingerprint density at radius 3 is 2.43 bits per heavy atom. The number of anilines is 1. The number of hydrogen-bond donors (Lipinski definition) is 1. The van der Waals surface area contributed by atoms with Crippen LogP contribution in [0.25, 0.3) is 0 Å². The molecular formula is C11H11FN2O5S2. The van der Waals surface area contributed by atoms with Crippen LogP contribution in [0.15, 0.2) is 38.7 Å². The quantitative estimate of drug-likeness (QED) is 0.845. The minimum atomic E-state index is -4.36. The number of sulfonamides is 1. The van der Waals surface area contributed by atoms with Crippen LogP contribution in [-0.2, 0) is 19.9 Å². The molecule has 0 aliphatic carbocycles. The molecule has 1 aromatic carbocycles. The largest absolute Gasteiger partial charge is 0.431 e. The summed E-state index contributed by atoms with van der Waals surface area (Å²) in [4.78, 5) is 2.61. The molecule has 114 valence electrons. The van der Waals surface area contributed by atoms with Gasteiger partial charge in [-0.25, -0.2) is 25.9 Å². The highest BCUT2D eigenvalue weighted by Gasteiger charge is 2.23. The van der Waals surface area contributed by atoms with Gasteiger partial charge in [0, 0.05) is 6.26 Å². The summed E-state index contributed by atoms with van der Waals surface area (Å²) < 4.78 is 67.4. The zero-order valence-electron chi connectivity index (χ0n) is 11.0. The van der Waals surface area contributed by atoms with Crippen LogP contribution >= 0.6 is 0 Å². The number of oxazole rings is 1. The number of nitrogens with zero attached hydrogens (tertiary/aromatic N) is 1. The van der Waals surface area contributed by atoms with Crippen molar-refractivity contribution in [1.29, 1.82) is 0 Å². The van der Waals surface area contributed by atoms with E-state index in [2.05, 4.69) is 4.98 Å². The average Bonchev–Trinajstić information content (AvgIpc) is 2.72. The van der Waals surface area contributed by atoms with Gasteiger partial charge in [0.1, 0.15) is 17.0 Å². The molecule has 0 fully saturated rings. The van der Waals surface area contributed by atoms with E-state index in [1.165, 1.54) is 6.26 Å². The molecule has 0 saturated carbocycles. The zero-order valence-corrected chi connectivity index (χ0v) is 12.6. The molecule has 0 saturated heterocycles. The molecule has 0 spiro atoms. The third kappa shape index (κ3) is 3.39. The number of benzene rings is 1. The van der Waals surface area contributed by atoms with E-state index in [0.29, 0.717) is 5.69 Å². The van der Waals surface area contributed by atoms with Gasteiger partial charge in [0.05, 0.1) is 10.6 Å². The standard InChI is InChI=1S/C11H11FN2O5S2/c1-7-6-19-11(13-7)14-21(17,18)10-5-8(20(2,15)16)3-4-9(10)12/h3-6H,1-2H3,(H,13,14). The summed E-state index contributed by atoms with van der Waals surface area (Å²) in [7, 11) is -8.03. The highest BCUT2D eigenvalue weighted by molar-refractivity contribution is 7.93. The minimum Gasteiger partial charge on any atom is -0.431 e. The van der Waals surface area contributed by atoms with E-state index in [1.807, 2.05) is 4.72 Å². The monoisotopic (exact) mass is 334 g/mol. The van der Waals surface area contributed by atoms with E-state index < -0.39 is 30.6 Å². The Kier molecular flexibility index (Phi) is 3.76. The number of halogens is 1. The number of sulfone groups is 1. The van der Waals surface area contributed by atoms with E-state index in [9.17, 15) is 21.2 Å². The number of aromatic nitrogens is 1. The fourth-order valence-electron chi connectivity index (χ4n) is 1.49. The first kappa shape index (κ1) is 15.4. The Labute approximate surface area is 120 Å². The molecule has 0 aliphatic heterocycles. The maximum atomic E-state index is 13.7. The first-order valence-electron chi connectivity index (χ1n) is 5.54. The number of rotatable bonds is 4. The van der Waals surface area contributed by atoms with Gasteiger partial charge in [-0.05, 0) is 25.1 Å². The number of hydrogen-bond acceptors (Lipinski definition) is 6. The average molecular weight is 334 g/mol. The molecule has 10 heteroatoms. The lowest BCUT2D eigenvalue weighted by molar-refractivity contribution is 0.558. The molecule has 0 atom stereocenters. The van der Waals surface area contributed by atoms with Gasteiger partial charge in [0.2, 0.25) is 0 Å². The molecule has 0 aliphatic rings. The molecule has 0 amide bonds. The van der Waals surface area contributed by atoms with E-state index in [0.717, 1.165) is 24.5 Å². The van der Waals surface area contributed by atoms with E-state index in [4.69, 9.17) is 4.42 Å². The predicted octanol–water partition coefficient (Wildman–Crippen LogP) is 1.33. The van der Waals surface area contributed by atoms with Crippen LogP contribution in [0.1, 0.15) is 5.69 Å². The molecule has 0 radical (unpaired) electrons. The van der Waals surface area contributed by atoms with Crippen molar-refractivity contribution < 1.29 is 25.6 Å². The van der Waals surface area contributed by atoms with Gasteiger partial charge in [0.25, 0.3) is 10.0 Å². The summed E-state index contributed by atoms with van der Waals surface area (Å²) in [5.41, 5.74) is 0.429. The SMILES string of the molecule is Cc1coc(NS(=O)(=O)c2cc(S(C)(=O)=O)ccc2F)n1. The molecule has 1 aromatic heterocycles. The molecule has 1 heterocycles. The van der Waals surface area contributed by atoms with Crippen molar-refractivity contribution in [2.24, 2.45) is 0 Å². The minimum absolute atomic E-state index is 0.312. The summed E-state index contributed by atoms with van der Waals surface area (Å²) in [6.07, 6.45) is 2.10. The van der Waals surface area contributed by atoms with Crippen LogP contribution in [0.2, 0.25) is 0 Å². The van der Waals surface area contributed by atoms with Crippen LogP contribution in [0.4, 0.5) is 10.4 Å². The van der Waals surface area contributed by atoms with Crippen LogP contribution < -0.4 is 4.72 Å². The Morgan fingerprint density at radius 1 is 1.24 bits per heavy atom. The molecule has 21 heavy (non-hydrogen) atoms. The van der Waals surface area contributed by atoms with Crippen molar-refractivity contribution in [2.75, 3.05) is 11.0 Å². The Hall–Kier alpha value is -1.94. The van der Waals surface area contributed by atoms with Crippen molar-refractivity contribution in [3.63, 3.8) is 0 Å². The van der Waals surface area contributed by atoms with Crippen molar-refractivity contribution in [3.05, 3.63) is 36.0 Å².